The molecule has 0 bridgehead atoms. The molecular formula is C62H53BN2. The van der Waals surface area contributed by atoms with Crippen LogP contribution < -0.4 is 26.2 Å². The maximum absolute atomic E-state index is 2.61. The highest BCUT2D eigenvalue weighted by Gasteiger charge is 2.45. The Labute approximate surface area is 385 Å². The Morgan fingerprint density at radius 2 is 0.692 bits per heavy atom. The summed E-state index contributed by atoms with van der Waals surface area (Å²) in [5.41, 5.74) is 18.9. The zero-order valence-electron chi connectivity index (χ0n) is 37.9. The van der Waals surface area contributed by atoms with Crippen LogP contribution in [-0.2, 0) is 16.2 Å². The van der Waals surface area contributed by atoms with E-state index in [9.17, 15) is 0 Å². The first-order valence-corrected chi connectivity index (χ1v) is 23.1. The van der Waals surface area contributed by atoms with Gasteiger partial charge in [0.1, 0.15) is 0 Å². The molecule has 9 aromatic rings. The predicted molar refractivity (Wildman–Crippen MR) is 276 cm³/mol. The van der Waals surface area contributed by atoms with E-state index in [0.29, 0.717) is 0 Å². The molecule has 0 radical (unpaired) electrons. The molecule has 0 N–H and O–H groups in total. The van der Waals surface area contributed by atoms with E-state index >= 15 is 0 Å². The van der Waals surface area contributed by atoms with Crippen LogP contribution in [0.1, 0.15) is 73.6 Å². The van der Waals surface area contributed by atoms with Gasteiger partial charge in [0.2, 0.25) is 0 Å². The van der Waals surface area contributed by atoms with Gasteiger partial charge in [-0.25, -0.2) is 0 Å². The van der Waals surface area contributed by atoms with E-state index in [-0.39, 0.29) is 17.5 Å². The molecule has 3 heteroatoms. The number of rotatable bonds is 9. The average molecular weight is 837 g/mol. The smallest absolute Gasteiger partial charge is 0.252 e. The van der Waals surface area contributed by atoms with Gasteiger partial charge in [-0.15, -0.1) is 0 Å². The molecule has 2 aliphatic heterocycles. The summed E-state index contributed by atoms with van der Waals surface area (Å²) < 4.78 is 0. The number of para-hydroxylation sites is 2. The van der Waals surface area contributed by atoms with Gasteiger partial charge in [0.05, 0.1) is 0 Å². The molecular weight excluding hydrogens is 784 g/mol. The summed E-state index contributed by atoms with van der Waals surface area (Å²) in [7, 11) is 0. The lowest BCUT2D eigenvalue weighted by molar-refractivity contribution is 0.640. The summed E-state index contributed by atoms with van der Waals surface area (Å²) in [5, 5.41) is 0. The fourth-order valence-corrected chi connectivity index (χ4v) is 10.9. The number of fused-ring (bicyclic) bond motifs is 4. The summed E-state index contributed by atoms with van der Waals surface area (Å²) in [4.78, 5) is 5.13. The minimum atomic E-state index is -0.497. The molecule has 2 aliphatic rings. The number of anilines is 6. The molecule has 0 fully saturated rings. The lowest BCUT2D eigenvalue weighted by atomic mass is 9.33. The number of hydrogen-bond donors (Lipinski definition) is 0. The van der Waals surface area contributed by atoms with Gasteiger partial charge in [-0.3, -0.25) is 0 Å². The van der Waals surface area contributed by atoms with Crippen molar-refractivity contribution in [2.75, 3.05) is 9.80 Å². The van der Waals surface area contributed by atoms with Crippen molar-refractivity contribution in [3.63, 3.8) is 0 Å². The van der Waals surface area contributed by atoms with Crippen molar-refractivity contribution in [1.82, 2.24) is 0 Å². The highest BCUT2D eigenvalue weighted by molar-refractivity contribution is 7.00. The molecule has 2 nitrogen and oxygen atoms in total. The third-order valence-electron chi connectivity index (χ3n) is 14.8. The molecule has 0 amide bonds. The van der Waals surface area contributed by atoms with Crippen LogP contribution in [-0.4, -0.2) is 6.71 Å². The first-order chi connectivity index (χ1) is 31.7. The second-order valence-electron chi connectivity index (χ2n) is 19.1. The van der Waals surface area contributed by atoms with E-state index in [1.54, 1.807) is 0 Å². The molecule has 314 valence electrons. The summed E-state index contributed by atoms with van der Waals surface area (Å²) in [6.07, 6.45) is 0. The van der Waals surface area contributed by atoms with Crippen LogP contribution in [0.25, 0.3) is 0 Å². The Bertz CT molecular complexity index is 3120. The van der Waals surface area contributed by atoms with Gasteiger partial charge in [0.15, 0.2) is 0 Å². The Hall–Kier alpha value is -7.36. The van der Waals surface area contributed by atoms with Gasteiger partial charge >= 0.3 is 0 Å². The summed E-state index contributed by atoms with van der Waals surface area (Å²) in [6, 6.07) is 85.9. The summed E-state index contributed by atoms with van der Waals surface area (Å²) >= 11 is 0. The van der Waals surface area contributed by atoms with Crippen LogP contribution in [0.3, 0.4) is 0 Å². The Balaban J connectivity index is 1.26. The fourth-order valence-electron chi connectivity index (χ4n) is 10.9. The Kier molecular flexibility index (Phi) is 9.77. The minimum absolute atomic E-state index is 0.00556. The molecule has 0 unspecified atom stereocenters. The maximum atomic E-state index is 2.61. The molecule has 2 heterocycles. The first-order valence-electron chi connectivity index (χ1n) is 23.1. The quantitative estimate of drug-likeness (QED) is 0.106. The van der Waals surface area contributed by atoms with Gasteiger partial charge in [-0.1, -0.05) is 210 Å². The average Bonchev–Trinajstić information content (AvgIpc) is 3.37. The van der Waals surface area contributed by atoms with E-state index in [0.717, 1.165) is 11.4 Å². The van der Waals surface area contributed by atoms with Gasteiger partial charge in [0, 0.05) is 50.4 Å². The zero-order chi connectivity index (χ0) is 44.3. The topological polar surface area (TPSA) is 6.48 Å². The Morgan fingerprint density at radius 3 is 1.25 bits per heavy atom. The van der Waals surface area contributed by atoms with E-state index in [2.05, 4.69) is 275 Å². The first kappa shape index (κ1) is 40.4. The molecule has 0 saturated heterocycles. The van der Waals surface area contributed by atoms with Gasteiger partial charge in [0.25, 0.3) is 6.71 Å². The van der Waals surface area contributed by atoms with Crippen LogP contribution >= 0.6 is 0 Å². The fraction of sp³-hybridized carbons (Fsp3) is 0.129. The second-order valence-corrected chi connectivity index (χ2v) is 19.1. The summed E-state index contributed by atoms with van der Waals surface area (Å²) in [5.74, 6) is 0. The Morgan fingerprint density at radius 1 is 0.292 bits per heavy atom. The van der Waals surface area contributed by atoms with E-state index in [4.69, 9.17) is 0 Å². The molecule has 0 saturated carbocycles. The van der Waals surface area contributed by atoms with Gasteiger partial charge < -0.3 is 9.80 Å². The molecule has 0 spiro atoms. The van der Waals surface area contributed by atoms with E-state index in [1.807, 2.05) is 0 Å². The van der Waals surface area contributed by atoms with Crippen LogP contribution in [0.15, 0.2) is 231 Å². The van der Waals surface area contributed by atoms with Crippen LogP contribution in [0.4, 0.5) is 34.1 Å². The maximum Gasteiger partial charge on any atom is 0.252 e. The molecule has 11 rings (SSSR count). The van der Waals surface area contributed by atoms with Crippen molar-refractivity contribution < 1.29 is 0 Å². The van der Waals surface area contributed by atoms with Crippen molar-refractivity contribution >= 4 is 57.2 Å². The van der Waals surface area contributed by atoms with Crippen molar-refractivity contribution in [2.24, 2.45) is 0 Å². The highest BCUT2D eigenvalue weighted by atomic mass is 15.2. The predicted octanol–water partition coefficient (Wildman–Crippen LogP) is 13.8. The molecule has 0 aliphatic carbocycles. The number of hydrogen-bond acceptors (Lipinski definition) is 2. The minimum Gasteiger partial charge on any atom is -0.311 e. The number of nitrogens with zero attached hydrogens (tertiary/aromatic N) is 2. The third-order valence-corrected chi connectivity index (χ3v) is 14.8. The molecule has 0 aromatic heterocycles. The van der Waals surface area contributed by atoms with Crippen LogP contribution in [0, 0.1) is 0 Å². The van der Waals surface area contributed by atoms with E-state index in [1.165, 1.54) is 78.1 Å². The standard InChI is InChI=1S/C62H53BN2/c1-60(2,44-24-11-6-12-25-44)48-32-23-35-52(40-48)65-56-41-49(61(3,4)45-26-13-7-14-27-45)38-39-54(56)63-53-36-21-22-37-55(53)64(51-33-19-10-20-34-51)57-42-50(43-58(65)59(57)63)62(5,46-28-15-8-16-29-46)47-30-17-9-18-31-47/h6-43H,1-5H3. The van der Waals surface area contributed by atoms with Gasteiger partial charge in [-0.05, 0) is 111 Å². The number of benzene rings is 9. The van der Waals surface area contributed by atoms with Crippen molar-refractivity contribution in [3.8, 4) is 0 Å². The van der Waals surface area contributed by atoms with Crippen molar-refractivity contribution in [3.05, 3.63) is 269 Å². The monoisotopic (exact) mass is 836 g/mol. The highest BCUT2D eigenvalue weighted by Crippen LogP contribution is 2.50. The molecule has 65 heavy (non-hydrogen) atoms. The molecule has 9 aromatic carbocycles. The zero-order valence-corrected chi connectivity index (χ0v) is 37.9. The van der Waals surface area contributed by atoms with Crippen LogP contribution in [0.5, 0.6) is 0 Å². The van der Waals surface area contributed by atoms with Crippen LogP contribution in [0.2, 0.25) is 0 Å². The lowest BCUT2D eigenvalue weighted by Crippen LogP contribution is -2.61. The van der Waals surface area contributed by atoms with Crippen molar-refractivity contribution in [1.29, 1.82) is 0 Å². The third kappa shape index (κ3) is 6.55. The second kappa shape index (κ2) is 15.7. The largest absolute Gasteiger partial charge is 0.311 e. The normalized spacial score (nSPS) is 13.2. The molecule has 0 atom stereocenters. The SMILES string of the molecule is CC(C)(c1ccccc1)c1cccc(N2c3cc(C(C)(C)c4ccccc4)ccc3B3c4ccccc4N(c4ccccc4)c4cc(C(C)(c5ccccc5)c5ccccc5)cc2c43)c1. The summed E-state index contributed by atoms with van der Waals surface area (Å²) in [6.45, 7) is 11.8. The lowest BCUT2D eigenvalue weighted by Gasteiger charge is -2.46. The van der Waals surface area contributed by atoms with Gasteiger partial charge in [-0.2, -0.15) is 0 Å². The van der Waals surface area contributed by atoms with E-state index < -0.39 is 5.41 Å². The van der Waals surface area contributed by atoms with Crippen molar-refractivity contribution in [2.45, 2.75) is 50.9 Å².